The Hall–Kier alpha value is -1.57. The van der Waals surface area contributed by atoms with Gasteiger partial charge in [0.2, 0.25) is 0 Å². The molecule has 6 atom stereocenters. The molecule has 1 N–H and O–H groups in total. The Morgan fingerprint density at radius 3 is 2.78 bits per heavy atom. The molecule has 0 aliphatic heterocycles. The van der Waals surface area contributed by atoms with Crippen LogP contribution in [-0.2, 0) is 10.2 Å². The minimum atomic E-state index is -0.0513. The van der Waals surface area contributed by atoms with Crippen molar-refractivity contribution in [3.63, 3.8) is 0 Å². The van der Waals surface area contributed by atoms with Gasteiger partial charge in [-0.15, -0.1) is 6.58 Å². The van der Waals surface area contributed by atoms with E-state index in [0.717, 1.165) is 38.5 Å². The number of rotatable bonds is 2. The summed E-state index contributed by atoms with van der Waals surface area (Å²) in [6, 6.07) is 6.03. The average molecular weight is 365 g/mol. The van der Waals surface area contributed by atoms with Crippen molar-refractivity contribution in [3.8, 4) is 5.75 Å². The molecule has 0 saturated heterocycles. The van der Waals surface area contributed by atoms with Gasteiger partial charge in [0.15, 0.2) is 0 Å². The van der Waals surface area contributed by atoms with Crippen LogP contribution in [0.2, 0.25) is 0 Å². The van der Waals surface area contributed by atoms with Crippen molar-refractivity contribution in [1.29, 1.82) is 0 Å². The summed E-state index contributed by atoms with van der Waals surface area (Å²) in [4.78, 5) is 13.2. The lowest BCUT2D eigenvalue weighted by Gasteiger charge is -2.58. The highest BCUT2D eigenvalue weighted by Crippen LogP contribution is 2.73. The Kier molecular flexibility index (Phi) is 3.56. The van der Waals surface area contributed by atoms with Crippen molar-refractivity contribution in [1.82, 2.24) is 0 Å². The van der Waals surface area contributed by atoms with Crippen LogP contribution >= 0.6 is 0 Å². The van der Waals surface area contributed by atoms with Crippen molar-refractivity contribution in [2.24, 2.45) is 22.7 Å². The maximum absolute atomic E-state index is 13.2. The maximum atomic E-state index is 13.2. The fourth-order valence-corrected chi connectivity index (χ4v) is 8.18. The summed E-state index contributed by atoms with van der Waals surface area (Å²) >= 11 is 0. The molecule has 3 saturated carbocycles. The molecule has 1 aromatic rings. The van der Waals surface area contributed by atoms with Crippen molar-refractivity contribution in [3.05, 3.63) is 42.0 Å². The summed E-state index contributed by atoms with van der Waals surface area (Å²) in [5, 5.41) is 10.1. The predicted octanol–water partition coefficient (Wildman–Crippen LogP) is 5.89. The third-order valence-electron chi connectivity index (χ3n) is 9.54. The molecule has 4 aliphatic rings. The van der Waals surface area contributed by atoms with Gasteiger partial charge in [-0.1, -0.05) is 26.0 Å². The first kappa shape index (κ1) is 17.5. The normalized spacial score (nSPS) is 45.0. The van der Waals surface area contributed by atoms with E-state index in [-0.39, 0.29) is 16.2 Å². The molecule has 4 aliphatic carbocycles. The van der Waals surface area contributed by atoms with Gasteiger partial charge in [0.05, 0.1) is 0 Å². The van der Waals surface area contributed by atoms with Crippen molar-refractivity contribution < 1.29 is 9.90 Å². The Morgan fingerprint density at radius 2 is 2.00 bits per heavy atom. The van der Waals surface area contributed by atoms with Crippen LogP contribution in [0.25, 0.3) is 0 Å². The van der Waals surface area contributed by atoms with Gasteiger partial charge < -0.3 is 5.11 Å². The average Bonchev–Trinajstić information content (AvgIpc) is 3.07. The maximum Gasteiger partial charge on any atom is 0.139 e. The molecule has 0 bridgehead atoms. The van der Waals surface area contributed by atoms with Crippen LogP contribution in [0.1, 0.15) is 82.3 Å². The molecule has 2 heteroatoms. The zero-order valence-electron chi connectivity index (χ0n) is 16.8. The lowest BCUT2D eigenvalue weighted by molar-refractivity contribution is -0.139. The monoisotopic (exact) mass is 364 g/mol. The van der Waals surface area contributed by atoms with Crippen LogP contribution in [0, 0.1) is 22.7 Å². The van der Waals surface area contributed by atoms with Crippen LogP contribution in [0.4, 0.5) is 0 Å². The Bertz CT molecular complexity index is 826. The number of fused-ring (bicyclic) bond motifs is 4. The predicted molar refractivity (Wildman–Crippen MR) is 108 cm³/mol. The molecule has 3 fully saturated rings. The number of ketones is 1. The molecule has 3 unspecified atom stereocenters. The highest BCUT2D eigenvalue weighted by molar-refractivity contribution is 5.89. The first-order valence-corrected chi connectivity index (χ1v) is 10.8. The van der Waals surface area contributed by atoms with Crippen LogP contribution < -0.4 is 0 Å². The van der Waals surface area contributed by atoms with E-state index in [4.69, 9.17) is 0 Å². The molecular weight excluding hydrogens is 332 g/mol. The summed E-state index contributed by atoms with van der Waals surface area (Å²) in [5.74, 6) is 2.46. The Labute approximate surface area is 163 Å². The van der Waals surface area contributed by atoms with Gasteiger partial charge in [0, 0.05) is 11.8 Å². The van der Waals surface area contributed by atoms with E-state index in [2.05, 4.69) is 26.5 Å². The van der Waals surface area contributed by atoms with Crippen molar-refractivity contribution in [2.45, 2.75) is 76.5 Å². The topological polar surface area (TPSA) is 37.3 Å². The fraction of sp³-hybridized carbons (Fsp3) is 0.640. The van der Waals surface area contributed by atoms with Crippen LogP contribution in [0.5, 0.6) is 5.75 Å². The van der Waals surface area contributed by atoms with E-state index in [1.807, 2.05) is 18.2 Å². The van der Waals surface area contributed by atoms with Gasteiger partial charge in [-0.25, -0.2) is 0 Å². The second kappa shape index (κ2) is 5.49. The van der Waals surface area contributed by atoms with E-state index in [0.29, 0.717) is 29.3 Å². The van der Waals surface area contributed by atoms with Gasteiger partial charge >= 0.3 is 0 Å². The van der Waals surface area contributed by atoms with Crippen LogP contribution in [-0.4, -0.2) is 10.9 Å². The zero-order valence-corrected chi connectivity index (χ0v) is 16.8. The van der Waals surface area contributed by atoms with E-state index >= 15 is 0 Å². The molecule has 0 radical (unpaired) electrons. The lowest BCUT2D eigenvalue weighted by atomic mass is 9.45. The number of hydrogen-bond donors (Lipinski definition) is 1. The Balaban J connectivity index is 1.65. The molecule has 1 spiro atoms. The van der Waals surface area contributed by atoms with Crippen LogP contribution in [0.3, 0.4) is 0 Å². The molecule has 5 rings (SSSR count). The molecule has 0 aromatic heterocycles. The number of phenolic OH excluding ortho intramolecular Hbond substituents is 1. The molecule has 27 heavy (non-hydrogen) atoms. The highest BCUT2D eigenvalue weighted by atomic mass is 16.3. The number of phenols is 1. The van der Waals surface area contributed by atoms with Gasteiger partial charge in [-0.05, 0) is 96.8 Å². The third-order valence-corrected chi connectivity index (χ3v) is 9.54. The van der Waals surface area contributed by atoms with Gasteiger partial charge in [-0.2, -0.15) is 0 Å². The smallest absolute Gasteiger partial charge is 0.139 e. The fourth-order valence-electron chi connectivity index (χ4n) is 8.18. The molecule has 1 aromatic carbocycles. The number of carbonyl (C=O) groups is 1. The van der Waals surface area contributed by atoms with Gasteiger partial charge in [-0.3, -0.25) is 4.79 Å². The number of allylic oxidation sites excluding steroid dienone is 1. The zero-order chi connectivity index (χ0) is 19.0. The lowest BCUT2D eigenvalue weighted by Crippen LogP contribution is -2.55. The standard InChI is InChI=1S/C25H32O2/c1-4-5-16-14-21-20-8-10-23(2)11-9-22(27)25(20,23)13-12-24(21,3)19-7-6-17(26)15-18(16)19/h4,6-7,15-16,20-21,26H,1,5,8-14H2,2-3H3/t16?,20?,21?,23-,24+,25+/m0/s1. The largest absolute Gasteiger partial charge is 0.508 e. The third kappa shape index (κ3) is 2.00. The SMILES string of the molecule is C=CCC1CC2C3CC[C@@]4(C)CCC(=O)[C@@]34CC[C@]2(C)c2ccc(O)cc21. The quantitative estimate of drug-likeness (QED) is 0.664. The van der Waals surface area contributed by atoms with Crippen molar-refractivity contribution in [2.75, 3.05) is 0 Å². The summed E-state index contributed by atoms with van der Waals surface area (Å²) in [5.41, 5.74) is 3.06. The van der Waals surface area contributed by atoms with Gasteiger partial charge in [0.25, 0.3) is 0 Å². The summed E-state index contributed by atoms with van der Waals surface area (Å²) in [6.45, 7) is 8.85. The van der Waals surface area contributed by atoms with Crippen LogP contribution in [0.15, 0.2) is 30.9 Å². The summed E-state index contributed by atoms with van der Waals surface area (Å²) in [7, 11) is 0. The van der Waals surface area contributed by atoms with E-state index < -0.39 is 0 Å². The molecule has 2 nitrogen and oxygen atoms in total. The number of carbonyl (C=O) groups excluding carboxylic acids is 1. The van der Waals surface area contributed by atoms with E-state index in [1.165, 1.54) is 24.0 Å². The Morgan fingerprint density at radius 1 is 1.19 bits per heavy atom. The summed E-state index contributed by atoms with van der Waals surface area (Å²) < 4.78 is 0. The number of benzene rings is 1. The number of Topliss-reactive ketones (excluding diaryl/α,β-unsaturated/α-hetero) is 1. The van der Waals surface area contributed by atoms with E-state index in [1.54, 1.807) is 0 Å². The van der Waals surface area contributed by atoms with Gasteiger partial charge in [0.1, 0.15) is 11.5 Å². The first-order chi connectivity index (χ1) is 12.9. The molecule has 0 heterocycles. The number of aromatic hydroxyl groups is 1. The molecule has 0 amide bonds. The van der Waals surface area contributed by atoms with Crippen molar-refractivity contribution >= 4 is 5.78 Å². The minimum Gasteiger partial charge on any atom is -0.508 e. The molecule has 144 valence electrons. The summed E-state index contributed by atoms with van der Waals surface area (Å²) in [6.07, 6.45) is 10.6. The first-order valence-electron chi connectivity index (χ1n) is 10.8. The number of hydrogen-bond acceptors (Lipinski definition) is 2. The molecular formula is C25H32O2. The van der Waals surface area contributed by atoms with E-state index in [9.17, 15) is 9.90 Å². The second-order valence-electron chi connectivity index (χ2n) is 10.4. The second-order valence-corrected chi connectivity index (χ2v) is 10.4. The highest BCUT2D eigenvalue weighted by Gasteiger charge is 2.70. The minimum absolute atomic E-state index is 0.0513.